The van der Waals surface area contributed by atoms with Crippen LogP contribution in [0.1, 0.15) is 47.2 Å². The average Bonchev–Trinajstić information content (AvgIpc) is 3.27. The number of pyridine rings is 1. The molecule has 1 aliphatic rings. The van der Waals surface area contributed by atoms with E-state index in [0.717, 1.165) is 35.0 Å². The van der Waals surface area contributed by atoms with Crippen LogP contribution in [-0.2, 0) is 11.8 Å². The number of aromatic nitrogens is 2. The van der Waals surface area contributed by atoms with Crippen LogP contribution in [0, 0.1) is 0 Å². The summed E-state index contributed by atoms with van der Waals surface area (Å²) in [5.74, 6) is -0.396. The fourth-order valence-electron chi connectivity index (χ4n) is 3.42. The molecule has 1 aromatic carbocycles. The Kier molecular flexibility index (Phi) is 3.92. The van der Waals surface area contributed by atoms with E-state index in [4.69, 9.17) is 16.3 Å². The first kappa shape index (κ1) is 16.9. The smallest absolute Gasteiger partial charge is 0.354 e. The van der Waals surface area contributed by atoms with Gasteiger partial charge in [-0.15, -0.1) is 0 Å². The van der Waals surface area contributed by atoms with Crippen LogP contribution in [0.4, 0.5) is 0 Å². The molecule has 3 aromatic rings. The zero-order chi connectivity index (χ0) is 18.5. The van der Waals surface area contributed by atoms with Gasteiger partial charge in [0.25, 0.3) is 0 Å². The second kappa shape index (κ2) is 6.02. The molecule has 5 nitrogen and oxygen atoms in total. The average molecular weight is 371 g/mol. The van der Waals surface area contributed by atoms with Gasteiger partial charge in [-0.25, -0.2) is 9.78 Å². The standard InChI is InChI=1S/C20H19ClN2O3/c1-20(6-7-20)18-13(8-11-4-3-5-15(22-11)19(24)25)12-9-17(26-2)14(21)10-16(12)23-18/h3-5,9-10,23H,6-8H2,1-2H3,(H,24,25). The van der Waals surface area contributed by atoms with E-state index in [1.54, 1.807) is 13.2 Å². The maximum Gasteiger partial charge on any atom is 0.354 e. The number of H-pyrrole nitrogens is 1. The van der Waals surface area contributed by atoms with Crippen LogP contribution in [0.25, 0.3) is 10.9 Å². The third-order valence-electron chi connectivity index (χ3n) is 5.17. The quantitative estimate of drug-likeness (QED) is 0.690. The van der Waals surface area contributed by atoms with E-state index in [-0.39, 0.29) is 11.1 Å². The molecule has 0 spiro atoms. The maximum atomic E-state index is 11.2. The number of rotatable bonds is 5. The number of ether oxygens (including phenoxy) is 1. The Bertz CT molecular complexity index is 1020. The second-order valence-corrected chi connectivity index (χ2v) is 7.47. The zero-order valence-corrected chi connectivity index (χ0v) is 15.4. The van der Waals surface area contributed by atoms with Gasteiger partial charge >= 0.3 is 5.97 Å². The van der Waals surface area contributed by atoms with E-state index in [2.05, 4.69) is 16.9 Å². The van der Waals surface area contributed by atoms with Crippen molar-refractivity contribution in [1.29, 1.82) is 0 Å². The molecule has 134 valence electrons. The summed E-state index contributed by atoms with van der Waals surface area (Å²) < 4.78 is 5.38. The van der Waals surface area contributed by atoms with Crippen LogP contribution in [-0.4, -0.2) is 28.2 Å². The predicted octanol–water partition coefficient (Wildman–Crippen LogP) is 4.57. The molecule has 0 amide bonds. The normalized spacial score (nSPS) is 15.2. The molecule has 0 aliphatic heterocycles. The number of methoxy groups -OCH3 is 1. The van der Waals surface area contributed by atoms with E-state index in [1.807, 2.05) is 18.2 Å². The van der Waals surface area contributed by atoms with Gasteiger partial charge in [-0.3, -0.25) is 0 Å². The van der Waals surface area contributed by atoms with E-state index in [9.17, 15) is 9.90 Å². The number of aromatic carboxylic acids is 1. The molecule has 0 unspecified atom stereocenters. The van der Waals surface area contributed by atoms with Crippen LogP contribution in [0.5, 0.6) is 5.75 Å². The third-order valence-corrected chi connectivity index (χ3v) is 5.46. The minimum Gasteiger partial charge on any atom is -0.495 e. The summed E-state index contributed by atoms with van der Waals surface area (Å²) >= 11 is 6.29. The number of hydrogen-bond donors (Lipinski definition) is 2. The molecule has 0 bridgehead atoms. The highest BCUT2D eigenvalue weighted by Gasteiger charge is 2.42. The number of halogens is 1. The number of aromatic amines is 1. The van der Waals surface area contributed by atoms with Crippen molar-refractivity contribution in [1.82, 2.24) is 9.97 Å². The van der Waals surface area contributed by atoms with Crippen LogP contribution in [0.3, 0.4) is 0 Å². The van der Waals surface area contributed by atoms with Gasteiger partial charge in [-0.05, 0) is 42.7 Å². The van der Waals surface area contributed by atoms with Gasteiger partial charge in [0.1, 0.15) is 11.4 Å². The van der Waals surface area contributed by atoms with E-state index < -0.39 is 5.97 Å². The summed E-state index contributed by atoms with van der Waals surface area (Å²) in [6, 6.07) is 8.93. The zero-order valence-electron chi connectivity index (χ0n) is 14.6. The largest absolute Gasteiger partial charge is 0.495 e. The number of nitrogens with one attached hydrogen (secondary N) is 1. The highest BCUT2D eigenvalue weighted by Crippen LogP contribution is 2.50. The third kappa shape index (κ3) is 2.82. The van der Waals surface area contributed by atoms with Gasteiger partial charge in [-0.1, -0.05) is 24.6 Å². The molecule has 0 radical (unpaired) electrons. The fourth-order valence-corrected chi connectivity index (χ4v) is 3.66. The Balaban J connectivity index is 1.87. The first-order valence-corrected chi connectivity index (χ1v) is 8.87. The molecular formula is C20H19ClN2O3. The number of hydrogen-bond acceptors (Lipinski definition) is 3. The number of carboxylic acid groups (broad SMARTS) is 1. The lowest BCUT2D eigenvalue weighted by atomic mass is 9.96. The number of carboxylic acids is 1. The Morgan fingerprint density at radius 1 is 1.38 bits per heavy atom. The molecular weight excluding hydrogens is 352 g/mol. The molecule has 6 heteroatoms. The summed E-state index contributed by atoms with van der Waals surface area (Å²) in [6.07, 6.45) is 2.80. The minimum absolute atomic E-state index is 0.0575. The summed E-state index contributed by atoms with van der Waals surface area (Å²) in [6.45, 7) is 2.24. The van der Waals surface area contributed by atoms with E-state index in [0.29, 0.717) is 17.2 Å². The molecule has 1 aliphatic carbocycles. The van der Waals surface area contributed by atoms with Gasteiger partial charge in [0.2, 0.25) is 0 Å². The molecule has 2 heterocycles. The van der Waals surface area contributed by atoms with Crippen LogP contribution in [0.15, 0.2) is 30.3 Å². The maximum absolute atomic E-state index is 11.2. The van der Waals surface area contributed by atoms with Crippen molar-refractivity contribution in [2.75, 3.05) is 7.11 Å². The molecule has 4 rings (SSSR count). The van der Waals surface area contributed by atoms with Gasteiger partial charge in [0, 0.05) is 34.1 Å². The van der Waals surface area contributed by atoms with Crippen molar-refractivity contribution in [3.8, 4) is 5.75 Å². The number of nitrogens with zero attached hydrogens (tertiary/aromatic N) is 1. The first-order valence-electron chi connectivity index (χ1n) is 8.49. The number of fused-ring (bicyclic) bond motifs is 1. The summed E-state index contributed by atoms with van der Waals surface area (Å²) in [5.41, 5.74) is 4.18. The van der Waals surface area contributed by atoms with Crippen LogP contribution in [0.2, 0.25) is 5.02 Å². The topological polar surface area (TPSA) is 75.2 Å². The van der Waals surface area contributed by atoms with Crippen LogP contribution < -0.4 is 4.74 Å². The lowest BCUT2D eigenvalue weighted by molar-refractivity contribution is 0.0690. The minimum atomic E-state index is -1.02. The molecule has 0 saturated heterocycles. The SMILES string of the molecule is COc1cc2c(Cc3cccc(C(=O)O)n3)c(C3(C)CC3)[nH]c2cc1Cl. The summed E-state index contributed by atoms with van der Waals surface area (Å²) in [5, 5.41) is 10.8. The Labute approximate surface area is 156 Å². The summed E-state index contributed by atoms with van der Waals surface area (Å²) in [7, 11) is 1.60. The molecule has 2 N–H and O–H groups in total. The van der Waals surface area contributed by atoms with Crippen LogP contribution >= 0.6 is 11.6 Å². The lowest BCUT2D eigenvalue weighted by Crippen LogP contribution is -2.07. The molecule has 0 atom stereocenters. The molecule has 26 heavy (non-hydrogen) atoms. The van der Waals surface area contributed by atoms with Gasteiger partial charge in [0.05, 0.1) is 12.1 Å². The van der Waals surface area contributed by atoms with Crippen molar-refractivity contribution in [3.63, 3.8) is 0 Å². The fraction of sp³-hybridized carbons (Fsp3) is 0.300. The second-order valence-electron chi connectivity index (χ2n) is 7.07. The molecule has 1 saturated carbocycles. The summed E-state index contributed by atoms with van der Waals surface area (Å²) in [4.78, 5) is 19.0. The molecule has 2 aromatic heterocycles. The number of carbonyl (C=O) groups is 1. The van der Waals surface area contributed by atoms with Gasteiger partial charge in [0.15, 0.2) is 0 Å². The highest BCUT2D eigenvalue weighted by atomic mass is 35.5. The highest BCUT2D eigenvalue weighted by molar-refractivity contribution is 6.32. The van der Waals surface area contributed by atoms with Crippen molar-refractivity contribution in [3.05, 3.63) is 58.0 Å². The Hall–Kier alpha value is -2.53. The van der Waals surface area contributed by atoms with Gasteiger partial charge in [-0.2, -0.15) is 0 Å². The van der Waals surface area contributed by atoms with Crippen molar-refractivity contribution in [2.24, 2.45) is 0 Å². The molecule has 1 fully saturated rings. The van der Waals surface area contributed by atoms with Crippen molar-refractivity contribution < 1.29 is 14.6 Å². The van der Waals surface area contributed by atoms with Gasteiger partial charge < -0.3 is 14.8 Å². The Morgan fingerprint density at radius 3 is 2.81 bits per heavy atom. The van der Waals surface area contributed by atoms with E-state index >= 15 is 0 Å². The lowest BCUT2D eigenvalue weighted by Gasteiger charge is -2.11. The number of benzene rings is 1. The Morgan fingerprint density at radius 2 is 2.15 bits per heavy atom. The van der Waals surface area contributed by atoms with Crippen molar-refractivity contribution in [2.45, 2.75) is 31.6 Å². The monoisotopic (exact) mass is 370 g/mol. The van der Waals surface area contributed by atoms with E-state index in [1.165, 1.54) is 11.8 Å². The first-order chi connectivity index (χ1) is 12.4. The predicted molar refractivity (Wildman–Crippen MR) is 100 cm³/mol. The van der Waals surface area contributed by atoms with Crippen molar-refractivity contribution >= 4 is 28.5 Å².